The first-order valence-corrected chi connectivity index (χ1v) is 7.97. The van der Waals surface area contributed by atoms with E-state index in [0.717, 1.165) is 5.56 Å². The lowest BCUT2D eigenvalue weighted by atomic mass is 10.1. The molecule has 2 atom stereocenters. The number of benzene rings is 1. The van der Waals surface area contributed by atoms with E-state index in [9.17, 15) is 4.79 Å². The molecule has 1 saturated heterocycles. The van der Waals surface area contributed by atoms with Gasteiger partial charge in [0.15, 0.2) is 11.5 Å². The molecule has 1 fully saturated rings. The van der Waals surface area contributed by atoms with E-state index in [4.69, 9.17) is 14.2 Å². The van der Waals surface area contributed by atoms with Crippen LogP contribution in [0, 0.1) is 0 Å². The molecular formula is C17H27ClN2O4. The van der Waals surface area contributed by atoms with Crippen molar-refractivity contribution in [1.82, 2.24) is 10.6 Å². The summed E-state index contributed by atoms with van der Waals surface area (Å²) in [5, 5.41) is 6.15. The monoisotopic (exact) mass is 358 g/mol. The van der Waals surface area contributed by atoms with Crippen LogP contribution in [0.25, 0.3) is 0 Å². The minimum atomic E-state index is -0.295. The van der Waals surface area contributed by atoms with Crippen LogP contribution in [0.2, 0.25) is 0 Å². The number of halogens is 1. The highest BCUT2D eigenvalue weighted by Gasteiger charge is 2.23. The van der Waals surface area contributed by atoms with Crippen LogP contribution in [-0.2, 0) is 9.53 Å². The van der Waals surface area contributed by atoms with Crippen LogP contribution in [0.15, 0.2) is 18.2 Å². The van der Waals surface area contributed by atoms with Gasteiger partial charge in [-0.3, -0.25) is 4.79 Å². The molecule has 0 aliphatic carbocycles. The van der Waals surface area contributed by atoms with Gasteiger partial charge < -0.3 is 24.8 Å². The van der Waals surface area contributed by atoms with Crippen molar-refractivity contribution in [3.63, 3.8) is 0 Å². The van der Waals surface area contributed by atoms with E-state index in [1.807, 2.05) is 39.0 Å². The maximum atomic E-state index is 12.2. The molecule has 6 nitrogen and oxygen atoms in total. The maximum Gasteiger partial charge on any atom is 0.240 e. The van der Waals surface area contributed by atoms with Crippen LogP contribution in [0.5, 0.6) is 11.5 Å². The van der Waals surface area contributed by atoms with E-state index in [2.05, 4.69) is 10.6 Å². The molecule has 1 aliphatic heterocycles. The smallest absolute Gasteiger partial charge is 0.240 e. The van der Waals surface area contributed by atoms with Crippen molar-refractivity contribution in [3.8, 4) is 11.5 Å². The minimum absolute atomic E-state index is 0. The first-order valence-electron chi connectivity index (χ1n) is 7.97. The molecule has 1 aliphatic rings. The molecule has 1 aromatic carbocycles. The first kappa shape index (κ1) is 20.5. The van der Waals surface area contributed by atoms with Crippen LogP contribution >= 0.6 is 12.4 Å². The molecule has 136 valence electrons. The summed E-state index contributed by atoms with van der Waals surface area (Å²) >= 11 is 0. The van der Waals surface area contributed by atoms with Gasteiger partial charge in [0, 0.05) is 6.54 Å². The molecule has 7 heteroatoms. The average molecular weight is 359 g/mol. The molecular weight excluding hydrogens is 332 g/mol. The quantitative estimate of drug-likeness (QED) is 0.814. The van der Waals surface area contributed by atoms with E-state index in [-0.39, 0.29) is 36.5 Å². The number of hydrogen-bond acceptors (Lipinski definition) is 5. The van der Waals surface area contributed by atoms with Crippen molar-refractivity contribution in [2.24, 2.45) is 0 Å². The summed E-state index contributed by atoms with van der Waals surface area (Å²) in [4.78, 5) is 12.2. The van der Waals surface area contributed by atoms with Crippen molar-refractivity contribution in [1.29, 1.82) is 0 Å². The molecule has 1 aromatic rings. The van der Waals surface area contributed by atoms with E-state index in [1.165, 1.54) is 0 Å². The van der Waals surface area contributed by atoms with Crippen molar-refractivity contribution < 1.29 is 19.0 Å². The molecule has 0 saturated carbocycles. The Morgan fingerprint density at radius 3 is 2.67 bits per heavy atom. The Morgan fingerprint density at radius 1 is 1.33 bits per heavy atom. The van der Waals surface area contributed by atoms with Gasteiger partial charge in [-0.25, -0.2) is 0 Å². The Bertz CT molecular complexity index is 533. The fourth-order valence-electron chi connectivity index (χ4n) is 2.44. The average Bonchev–Trinajstić information content (AvgIpc) is 2.55. The van der Waals surface area contributed by atoms with Crippen molar-refractivity contribution in [2.75, 3.05) is 26.9 Å². The van der Waals surface area contributed by atoms with Gasteiger partial charge in [-0.1, -0.05) is 6.07 Å². The molecule has 0 bridgehead atoms. The number of morpholine rings is 1. The molecule has 0 aromatic heterocycles. The Morgan fingerprint density at radius 2 is 2.08 bits per heavy atom. The van der Waals surface area contributed by atoms with Crippen molar-refractivity contribution in [2.45, 2.75) is 39.0 Å². The Balaban J connectivity index is 0.00000288. The molecule has 2 rings (SSSR count). The number of carbonyl (C=O) groups excluding carboxylic acids is 1. The van der Waals surface area contributed by atoms with Crippen LogP contribution < -0.4 is 20.1 Å². The van der Waals surface area contributed by atoms with Gasteiger partial charge in [0.1, 0.15) is 6.04 Å². The summed E-state index contributed by atoms with van der Waals surface area (Å²) in [6.45, 7) is 7.63. The van der Waals surface area contributed by atoms with E-state index in [1.54, 1.807) is 7.11 Å². The minimum Gasteiger partial charge on any atom is -0.493 e. The number of ether oxygens (including phenoxy) is 3. The zero-order valence-electron chi connectivity index (χ0n) is 14.6. The van der Waals surface area contributed by atoms with Gasteiger partial charge in [-0.05, 0) is 38.5 Å². The van der Waals surface area contributed by atoms with Crippen LogP contribution in [0.4, 0.5) is 0 Å². The molecule has 0 radical (unpaired) electrons. The number of amides is 1. The highest BCUT2D eigenvalue weighted by molar-refractivity contribution is 5.85. The summed E-state index contributed by atoms with van der Waals surface area (Å²) in [7, 11) is 1.61. The summed E-state index contributed by atoms with van der Waals surface area (Å²) in [5.74, 6) is 1.31. The van der Waals surface area contributed by atoms with Crippen LogP contribution in [-0.4, -0.2) is 44.9 Å². The molecule has 2 unspecified atom stereocenters. The normalized spacial score (nSPS) is 18.5. The SMILES string of the molecule is COc1cc(C(C)NC(=O)C2COCCN2)ccc1OC(C)C.Cl. The highest BCUT2D eigenvalue weighted by atomic mass is 35.5. The lowest BCUT2D eigenvalue weighted by Gasteiger charge is -2.25. The van der Waals surface area contributed by atoms with Crippen LogP contribution in [0.1, 0.15) is 32.4 Å². The second-order valence-electron chi connectivity index (χ2n) is 5.89. The van der Waals surface area contributed by atoms with E-state index in [0.29, 0.717) is 31.3 Å². The summed E-state index contributed by atoms with van der Waals surface area (Å²) in [6.07, 6.45) is 0.0734. The zero-order chi connectivity index (χ0) is 16.8. The lowest BCUT2D eigenvalue weighted by molar-refractivity contribution is -0.126. The molecule has 0 spiro atoms. The molecule has 24 heavy (non-hydrogen) atoms. The van der Waals surface area contributed by atoms with Gasteiger partial charge >= 0.3 is 0 Å². The Hall–Kier alpha value is -1.50. The number of nitrogens with one attached hydrogen (secondary N) is 2. The predicted octanol–water partition coefficient (Wildman–Crippen LogP) is 2.07. The maximum absolute atomic E-state index is 12.2. The van der Waals surface area contributed by atoms with Gasteiger partial charge in [0.25, 0.3) is 0 Å². The Kier molecular flexibility index (Phi) is 8.31. The third kappa shape index (κ3) is 5.54. The molecule has 2 N–H and O–H groups in total. The summed E-state index contributed by atoms with van der Waals surface area (Å²) < 4.78 is 16.4. The number of carbonyl (C=O) groups is 1. The fourth-order valence-corrected chi connectivity index (χ4v) is 2.44. The fraction of sp³-hybridized carbons (Fsp3) is 0.588. The predicted molar refractivity (Wildman–Crippen MR) is 95.2 cm³/mol. The third-order valence-electron chi connectivity index (χ3n) is 3.65. The van der Waals surface area contributed by atoms with E-state index < -0.39 is 0 Å². The lowest BCUT2D eigenvalue weighted by Crippen LogP contribution is -2.51. The standard InChI is InChI=1S/C17H26N2O4.ClH/c1-11(2)23-15-6-5-13(9-16(15)21-4)12(3)19-17(20)14-10-22-8-7-18-14;/h5-6,9,11-12,14,18H,7-8,10H2,1-4H3,(H,19,20);1H. The van der Waals surface area contributed by atoms with Gasteiger partial charge in [0.2, 0.25) is 5.91 Å². The third-order valence-corrected chi connectivity index (χ3v) is 3.65. The second-order valence-corrected chi connectivity index (χ2v) is 5.89. The van der Waals surface area contributed by atoms with Crippen molar-refractivity contribution in [3.05, 3.63) is 23.8 Å². The van der Waals surface area contributed by atoms with Crippen molar-refractivity contribution >= 4 is 18.3 Å². The van der Waals surface area contributed by atoms with Gasteiger partial charge in [-0.2, -0.15) is 0 Å². The second kappa shape index (κ2) is 9.71. The van der Waals surface area contributed by atoms with Gasteiger partial charge in [-0.15, -0.1) is 12.4 Å². The van der Waals surface area contributed by atoms with Crippen LogP contribution in [0.3, 0.4) is 0 Å². The largest absolute Gasteiger partial charge is 0.493 e. The topological polar surface area (TPSA) is 68.8 Å². The number of methoxy groups -OCH3 is 1. The first-order chi connectivity index (χ1) is 11.0. The Labute approximate surface area is 149 Å². The van der Waals surface area contributed by atoms with E-state index >= 15 is 0 Å². The zero-order valence-corrected chi connectivity index (χ0v) is 15.4. The molecule has 1 amide bonds. The summed E-state index contributed by atoms with van der Waals surface area (Å²) in [5.41, 5.74) is 0.961. The number of rotatable bonds is 6. The molecule has 1 heterocycles. The summed E-state index contributed by atoms with van der Waals surface area (Å²) in [6, 6.07) is 5.28. The highest BCUT2D eigenvalue weighted by Crippen LogP contribution is 2.31. The van der Waals surface area contributed by atoms with Gasteiger partial charge in [0.05, 0.1) is 32.5 Å². The number of hydrogen-bond donors (Lipinski definition) is 2.